The van der Waals surface area contributed by atoms with Crippen LogP contribution in [0.1, 0.15) is 0 Å². The van der Waals surface area contributed by atoms with E-state index in [0.717, 1.165) is 5.69 Å². The molecule has 0 aliphatic heterocycles. The topological polar surface area (TPSA) is 86.7 Å². The summed E-state index contributed by atoms with van der Waals surface area (Å²) in [6.07, 6.45) is 0. The van der Waals surface area contributed by atoms with Crippen LogP contribution in [0.25, 0.3) is 11.3 Å². The molecular weight excluding hydrogens is 465 g/mol. The monoisotopic (exact) mass is 479 g/mol. The Morgan fingerprint density at radius 2 is 1.89 bits per heavy atom. The van der Waals surface area contributed by atoms with E-state index in [0.29, 0.717) is 26.8 Å². The number of aromatic nitrogens is 1. The Kier molecular flexibility index (Phi) is 7.19. The SMILES string of the molecule is COc1cc(Cl)ccc1N=c1scc(-c2ccc(Cl)c(S(N)(=O)=O)c2)n1C.Cl. The minimum absolute atomic E-state index is 0. The van der Waals surface area contributed by atoms with Crippen molar-refractivity contribution in [1.82, 2.24) is 4.57 Å². The number of thiazole rings is 1. The molecule has 1 aromatic heterocycles. The number of primary sulfonamides is 1. The van der Waals surface area contributed by atoms with Crippen molar-refractivity contribution < 1.29 is 13.2 Å². The van der Waals surface area contributed by atoms with Crippen molar-refractivity contribution in [1.29, 1.82) is 0 Å². The minimum atomic E-state index is -3.92. The summed E-state index contributed by atoms with van der Waals surface area (Å²) in [7, 11) is -0.542. The average molecular weight is 481 g/mol. The van der Waals surface area contributed by atoms with Crippen LogP contribution >= 0.6 is 46.9 Å². The van der Waals surface area contributed by atoms with Crippen LogP contribution in [0.15, 0.2) is 51.7 Å². The van der Waals surface area contributed by atoms with Gasteiger partial charge in [0, 0.05) is 29.1 Å². The fourth-order valence-electron chi connectivity index (χ4n) is 2.46. The maximum atomic E-state index is 11.7. The maximum absolute atomic E-state index is 11.7. The molecule has 150 valence electrons. The molecule has 28 heavy (non-hydrogen) atoms. The van der Waals surface area contributed by atoms with Crippen molar-refractivity contribution in [2.24, 2.45) is 17.2 Å². The van der Waals surface area contributed by atoms with Crippen molar-refractivity contribution in [2.75, 3.05) is 7.11 Å². The van der Waals surface area contributed by atoms with E-state index in [9.17, 15) is 8.42 Å². The van der Waals surface area contributed by atoms with E-state index in [2.05, 4.69) is 4.99 Å². The zero-order valence-corrected chi connectivity index (χ0v) is 18.7. The van der Waals surface area contributed by atoms with Crippen molar-refractivity contribution in [3.63, 3.8) is 0 Å². The summed E-state index contributed by atoms with van der Waals surface area (Å²) < 4.78 is 30.6. The van der Waals surface area contributed by atoms with Crippen molar-refractivity contribution in [3.05, 3.63) is 56.6 Å². The number of halogens is 3. The van der Waals surface area contributed by atoms with Crippen LogP contribution in [0.2, 0.25) is 10.0 Å². The molecular formula is C17H16Cl3N3O3S2. The summed E-state index contributed by atoms with van der Waals surface area (Å²) in [6.45, 7) is 0. The Labute approximate surface area is 182 Å². The van der Waals surface area contributed by atoms with Gasteiger partial charge in [-0.05, 0) is 24.3 Å². The Bertz CT molecular complexity index is 1190. The molecule has 2 aromatic carbocycles. The second-order valence-electron chi connectivity index (χ2n) is 5.58. The molecule has 0 atom stereocenters. The molecule has 0 unspecified atom stereocenters. The van der Waals surface area contributed by atoms with Gasteiger partial charge in [0.2, 0.25) is 10.0 Å². The van der Waals surface area contributed by atoms with E-state index >= 15 is 0 Å². The van der Waals surface area contributed by atoms with Gasteiger partial charge in [0.15, 0.2) is 4.80 Å². The van der Waals surface area contributed by atoms with E-state index in [1.807, 2.05) is 17.0 Å². The third kappa shape index (κ3) is 4.71. The number of hydrogen-bond donors (Lipinski definition) is 1. The standard InChI is InChI=1S/C17H15Cl2N3O3S2.ClH/c1-22-14(10-3-5-12(19)16(7-10)27(20,23)24)9-26-17(22)21-13-6-4-11(18)8-15(13)25-2;/h3-9H,1-2H3,(H2,20,23,24);1H. The average Bonchev–Trinajstić information content (AvgIpc) is 2.96. The zero-order chi connectivity index (χ0) is 19.8. The molecule has 6 nitrogen and oxygen atoms in total. The fraction of sp³-hybridized carbons (Fsp3) is 0.118. The van der Waals surface area contributed by atoms with E-state index in [1.54, 1.807) is 31.4 Å². The number of nitrogens with zero attached hydrogens (tertiary/aromatic N) is 2. The van der Waals surface area contributed by atoms with E-state index < -0.39 is 10.0 Å². The molecule has 0 saturated carbocycles. The molecule has 0 radical (unpaired) electrons. The molecule has 0 aliphatic carbocycles. The van der Waals surface area contributed by atoms with Gasteiger partial charge in [-0.3, -0.25) is 0 Å². The molecule has 0 saturated heterocycles. The summed E-state index contributed by atoms with van der Waals surface area (Å²) in [6, 6.07) is 9.87. The Hall–Kier alpha value is -1.55. The van der Waals surface area contributed by atoms with Crippen LogP contribution in [-0.2, 0) is 17.1 Å². The van der Waals surface area contributed by atoms with E-state index in [1.165, 1.54) is 23.5 Å². The van der Waals surface area contributed by atoms with Crippen molar-refractivity contribution in [3.8, 4) is 17.0 Å². The van der Waals surface area contributed by atoms with E-state index in [-0.39, 0.29) is 22.3 Å². The van der Waals surface area contributed by atoms with Crippen LogP contribution < -0.4 is 14.7 Å². The summed E-state index contributed by atoms with van der Waals surface area (Å²) in [5.74, 6) is 0.556. The lowest BCUT2D eigenvalue weighted by Gasteiger charge is -2.07. The smallest absolute Gasteiger partial charge is 0.239 e. The number of rotatable bonds is 4. The second kappa shape index (κ2) is 8.86. The number of sulfonamides is 1. The van der Waals surface area contributed by atoms with Gasteiger partial charge in [0.05, 0.1) is 17.8 Å². The van der Waals surface area contributed by atoms with Crippen LogP contribution in [0.5, 0.6) is 5.75 Å². The van der Waals surface area contributed by atoms with Gasteiger partial charge in [0.1, 0.15) is 16.3 Å². The Morgan fingerprint density at radius 1 is 1.18 bits per heavy atom. The predicted molar refractivity (Wildman–Crippen MR) is 116 cm³/mol. The Morgan fingerprint density at radius 3 is 2.54 bits per heavy atom. The lowest BCUT2D eigenvalue weighted by Crippen LogP contribution is -2.14. The first kappa shape index (κ1) is 22.7. The minimum Gasteiger partial charge on any atom is -0.494 e. The lowest BCUT2D eigenvalue weighted by atomic mass is 10.2. The number of ether oxygens (including phenoxy) is 1. The zero-order valence-electron chi connectivity index (χ0n) is 14.7. The van der Waals surface area contributed by atoms with Crippen molar-refractivity contribution >= 4 is 62.7 Å². The van der Waals surface area contributed by atoms with Crippen LogP contribution in [0.4, 0.5) is 5.69 Å². The fourth-order valence-corrected chi connectivity index (χ4v) is 4.61. The van der Waals surface area contributed by atoms with Gasteiger partial charge >= 0.3 is 0 Å². The third-order valence-electron chi connectivity index (χ3n) is 3.82. The molecule has 0 bridgehead atoms. The summed E-state index contributed by atoms with van der Waals surface area (Å²) in [5.41, 5.74) is 2.06. The number of methoxy groups -OCH3 is 1. The summed E-state index contributed by atoms with van der Waals surface area (Å²) in [4.78, 5) is 5.19. The highest BCUT2D eigenvalue weighted by molar-refractivity contribution is 7.89. The molecule has 2 N–H and O–H groups in total. The largest absolute Gasteiger partial charge is 0.494 e. The predicted octanol–water partition coefficient (Wildman–Crippen LogP) is 4.37. The first-order valence-corrected chi connectivity index (χ1v) is 10.7. The maximum Gasteiger partial charge on any atom is 0.239 e. The molecule has 1 heterocycles. The third-order valence-corrected chi connectivity index (χ3v) is 6.36. The summed E-state index contributed by atoms with van der Waals surface area (Å²) >= 11 is 13.3. The van der Waals surface area contributed by atoms with E-state index in [4.69, 9.17) is 33.1 Å². The van der Waals surface area contributed by atoms with Gasteiger partial charge in [-0.2, -0.15) is 0 Å². The quantitative estimate of drug-likeness (QED) is 0.601. The number of benzene rings is 2. The molecule has 0 aliphatic rings. The van der Waals surface area contributed by atoms with Gasteiger partial charge in [-0.25, -0.2) is 18.5 Å². The van der Waals surface area contributed by atoms with Crippen molar-refractivity contribution in [2.45, 2.75) is 4.90 Å². The molecule has 0 fully saturated rings. The molecule has 0 spiro atoms. The molecule has 11 heteroatoms. The van der Waals surface area contributed by atoms with Crippen LogP contribution in [0, 0.1) is 0 Å². The number of nitrogens with two attached hydrogens (primary N) is 1. The highest BCUT2D eigenvalue weighted by Crippen LogP contribution is 2.31. The highest BCUT2D eigenvalue weighted by Gasteiger charge is 2.15. The van der Waals surface area contributed by atoms with Crippen LogP contribution in [-0.4, -0.2) is 20.1 Å². The van der Waals surface area contributed by atoms with Gasteiger partial charge in [-0.15, -0.1) is 23.7 Å². The molecule has 0 amide bonds. The molecule has 3 aromatic rings. The number of hydrogen-bond acceptors (Lipinski definition) is 5. The van der Waals surface area contributed by atoms with Gasteiger partial charge in [-0.1, -0.05) is 29.3 Å². The second-order valence-corrected chi connectivity index (χ2v) is 8.79. The molecule has 3 rings (SSSR count). The highest BCUT2D eigenvalue weighted by atomic mass is 35.5. The first-order chi connectivity index (χ1) is 12.7. The van der Waals surface area contributed by atoms with Crippen LogP contribution in [0.3, 0.4) is 0 Å². The Balaban J connectivity index is 0.00000280. The van der Waals surface area contributed by atoms with Gasteiger partial charge in [0.25, 0.3) is 0 Å². The first-order valence-electron chi connectivity index (χ1n) is 7.56. The summed E-state index contributed by atoms with van der Waals surface area (Å²) in [5, 5.41) is 7.74. The normalized spacial score (nSPS) is 12.0. The lowest BCUT2D eigenvalue weighted by molar-refractivity contribution is 0.416. The van der Waals surface area contributed by atoms with Gasteiger partial charge < -0.3 is 9.30 Å².